The predicted octanol–water partition coefficient (Wildman–Crippen LogP) is 4.56. The van der Waals surface area contributed by atoms with Crippen molar-refractivity contribution in [3.63, 3.8) is 0 Å². The first kappa shape index (κ1) is 16.7. The maximum Gasteiger partial charge on any atom is 0.242 e. The molecule has 1 N–H and O–H groups in total. The van der Waals surface area contributed by atoms with Gasteiger partial charge in [0.25, 0.3) is 0 Å². The molecule has 0 saturated carbocycles. The topological polar surface area (TPSA) is 46.2 Å². The van der Waals surface area contributed by atoms with Gasteiger partial charge in [-0.05, 0) is 53.0 Å². The molecule has 0 aliphatic carbocycles. The molecule has 1 unspecified atom stereocenters. The minimum absolute atomic E-state index is 0.225. The zero-order valence-electron chi connectivity index (χ0n) is 11.6. The fraction of sp³-hybridized carbons (Fsp3) is 0.200. The van der Waals surface area contributed by atoms with E-state index in [1.807, 2.05) is 44.2 Å². The lowest BCUT2D eigenvalue weighted by atomic mass is 10.1. The molecule has 3 nitrogen and oxygen atoms in total. The average molecular weight is 433 g/mol. The van der Waals surface area contributed by atoms with Crippen LogP contribution in [0.5, 0.6) is 0 Å². The van der Waals surface area contributed by atoms with Crippen LogP contribution < -0.4 is 4.72 Å². The molecule has 0 spiro atoms. The Balaban J connectivity index is 2.33. The van der Waals surface area contributed by atoms with Crippen LogP contribution in [0.4, 0.5) is 0 Å². The highest BCUT2D eigenvalue weighted by Crippen LogP contribution is 2.29. The van der Waals surface area contributed by atoms with Gasteiger partial charge in [0.2, 0.25) is 10.0 Å². The monoisotopic (exact) mass is 431 g/mol. The first-order valence-electron chi connectivity index (χ1n) is 6.34. The number of aryl methyl sites for hydroxylation is 1. The quantitative estimate of drug-likeness (QED) is 0.769. The maximum atomic E-state index is 12.5. The Bertz CT molecular complexity index is 746. The van der Waals surface area contributed by atoms with E-state index < -0.39 is 10.0 Å². The lowest BCUT2D eigenvalue weighted by molar-refractivity contribution is 0.566. The Hall–Kier alpha value is -0.690. The molecular weight excluding hydrogens is 418 g/mol. The van der Waals surface area contributed by atoms with Gasteiger partial charge in [0, 0.05) is 15.0 Å². The number of halogens is 2. The lowest BCUT2D eigenvalue weighted by Crippen LogP contribution is -2.27. The van der Waals surface area contributed by atoms with Crippen LogP contribution in [0.3, 0.4) is 0 Å². The van der Waals surface area contributed by atoms with Crippen molar-refractivity contribution in [2.45, 2.75) is 24.8 Å². The summed E-state index contributed by atoms with van der Waals surface area (Å²) < 4.78 is 29.1. The Labute approximate surface area is 142 Å². The molecule has 6 heteroatoms. The largest absolute Gasteiger partial charge is 0.242 e. The minimum atomic E-state index is -3.60. The lowest BCUT2D eigenvalue weighted by Gasteiger charge is -2.16. The molecular formula is C15H15Br2NO2S. The van der Waals surface area contributed by atoms with E-state index in [0.717, 1.165) is 15.6 Å². The van der Waals surface area contributed by atoms with Gasteiger partial charge in [-0.1, -0.05) is 46.3 Å². The van der Waals surface area contributed by atoms with Crippen LogP contribution in [-0.2, 0) is 10.0 Å². The molecule has 2 rings (SSSR count). The van der Waals surface area contributed by atoms with Gasteiger partial charge in [-0.25, -0.2) is 13.1 Å². The molecule has 0 amide bonds. The van der Waals surface area contributed by atoms with Gasteiger partial charge in [0.05, 0.1) is 4.90 Å². The van der Waals surface area contributed by atoms with Gasteiger partial charge in [0.1, 0.15) is 0 Å². The van der Waals surface area contributed by atoms with Crippen molar-refractivity contribution >= 4 is 41.9 Å². The molecule has 0 radical (unpaired) electrons. The summed E-state index contributed by atoms with van der Waals surface area (Å²) >= 11 is 6.69. The standard InChI is InChI=1S/C15H15Br2NO2S/c1-10-8-14(17)15(9-13(10)16)21(19,20)18-11(2)12-6-4-3-5-7-12/h3-9,11,18H,1-2H3. The van der Waals surface area contributed by atoms with Crippen molar-refractivity contribution in [2.75, 3.05) is 0 Å². The van der Waals surface area contributed by atoms with Gasteiger partial charge >= 0.3 is 0 Å². The van der Waals surface area contributed by atoms with Crippen LogP contribution in [0.15, 0.2) is 56.3 Å². The summed E-state index contributed by atoms with van der Waals surface area (Å²) in [5, 5.41) is 0. The first-order valence-corrected chi connectivity index (χ1v) is 9.41. The molecule has 0 aromatic heterocycles. The fourth-order valence-electron chi connectivity index (χ4n) is 1.94. The summed E-state index contributed by atoms with van der Waals surface area (Å²) in [6.45, 7) is 3.73. The van der Waals surface area contributed by atoms with Crippen molar-refractivity contribution in [1.29, 1.82) is 0 Å². The molecule has 2 aromatic rings. The molecule has 0 heterocycles. The van der Waals surface area contributed by atoms with Crippen molar-refractivity contribution in [3.05, 3.63) is 62.5 Å². The number of hydrogen-bond acceptors (Lipinski definition) is 2. The Kier molecular flexibility index (Phi) is 5.24. The third kappa shape index (κ3) is 3.94. The smallest absolute Gasteiger partial charge is 0.207 e. The van der Waals surface area contributed by atoms with Gasteiger partial charge in [-0.2, -0.15) is 0 Å². The van der Waals surface area contributed by atoms with E-state index in [0.29, 0.717) is 4.47 Å². The summed E-state index contributed by atoms with van der Waals surface area (Å²) in [6.07, 6.45) is 0. The number of hydrogen-bond donors (Lipinski definition) is 1. The van der Waals surface area contributed by atoms with Crippen LogP contribution in [0.25, 0.3) is 0 Å². The van der Waals surface area contributed by atoms with Crippen molar-refractivity contribution in [3.8, 4) is 0 Å². The van der Waals surface area contributed by atoms with Crippen LogP contribution >= 0.6 is 31.9 Å². The zero-order valence-corrected chi connectivity index (χ0v) is 15.6. The second kappa shape index (κ2) is 6.60. The highest BCUT2D eigenvalue weighted by molar-refractivity contribution is 9.11. The number of benzene rings is 2. The second-order valence-corrected chi connectivity index (χ2v) is 8.18. The molecule has 0 bridgehead atoms. The molecule has 0 saturated heterocycles. The van der Waals surface area contributed by atoms with Crippen molar-refractivity contribution in [2.24, 2.45) is 0 Å². The number of nitrogens with one attached hydrogen (secondary N) is 1. The third-order valence-corrected chi connectivity index (χ3v) is 6.49. The van der Waals surface area contributed by atoms with Gasteiger partial charge in [0.15, 0.2) is 0 Å². The second-order valence-electron chi connectivity index (χ2n) is 4.79. The fourth-order valence-corrected chi connectivity index (χ4v) is 4.85. The van der Waals surface area contributed by atoms with E-state index in [1.54, 1.807) is 12.1 Å². The molecule has 1 atom stereocenters. The number of rotatable bonds is 4. The van der Waals surface area contributed by atoms with E-state index in [9.17, 15) is 8.42 Å². The Morgan fingerprint density at radius 2 is 1.67 bits per heavy atom. The molecule has 0 aliphatic heterocycles. The average Bonchev–Trinajstić information content (AvgIpc) is 2.43. The summed E-state index contributed by atoms with van der Waals surface area (Å²) in [5.74, 6) is 0. The van der Waals surface area contributed by atoms with Crippen LogP contribution in [-0.4, -0.2) is 8.42 Å². The summed E-state index contributed by atoms with van der Waals surface area (Å²) in [6, 6.07) is 12.6. The van der Waals surface area contributed by atoms with E-state index in [-0.39, 0.29) is 10.9 Å². The van der Waals surface area contributed by atoms with Crippen LogP contribution in [0.1, 0.15) is 24.1 Å². The molecule has 2 aromatic carbocycles. The van der Waals surface area contributed by atoms with E-state index in [4.69, 9.17) is 0 Å². The molecule has 112 valence electrons. The van der Waals surface area contributed by atoms with Crippen LogP contribution in [0.2, 0.25) is 0 Å². The van der Waals surface area contributed by atoms with Gasteiger partial charge in [-0.15, -0.1) is 0 Å². The minimum Gasteiger partial charge on any atom is -0.207 e. The van der Waals surface area contributed by atoms with E-state index in [2.05, 4.69) is 36.6 Å². The molecule has 0 aliphatic rings. The third-order valence-electron chi connectivity index (χ3n) is 3.13. The summed E-state index contributed by atoms with van der Waals surface area (Å²) in [5.41, 5.74) is 1.89. The SMILES string of the molecule is Cc1cc(Br)c(S(=O)(=O)NC(C)c2ccccc2)cc1Br. The summed E-state index contributed by atoms with van der Waals surface area (Å²) in [7, 11) is -3.60. The Morgan fingerprint density at radius 3 is 2.29 bits per heavy atom. The van der Waals surface area contributed by atoms with Crippen molar-refractivity contribution in [1.82, 2.24) is 4.72 Å². The number of sulfonamides is 1. The van der Waals surface area contributed by atoms with Crippen LogP contribution in [0, 0.1) is 6.92 Å². The Morgan fingerprint density at radius 1 is 1.05 bits per heavy atom. The molecule has 0 fully saturated rings. The van der Waals surface area contributed by atoms with E-state index >= 15 is 0 Å². The highest BCUT2D eigenvalue weighted by atomic mass is 79.9. The normalized spacial score (nSPS) is 13.1. The maximum absolute atomic E-state index is 12.5. The zero-order chi connectivity index (χ0) is 15.6. The van der Waals surface area contributed by atoms with E-state index in [1.165, 1.54) is 0 Å². The summed E-state index contributed by atoms with van der Waals surface area (Å²) in [4.78, 5) is 0.225. The predicted molar refractivity (Wildman–Crippen MR) is 91.8 cm³/mol. The first-order chi connectivity index (χ1) is 9.81. The van der Waals surface area contributed by atoms with Crippen molar-refractivity contribution < 1.29 is 8.42 Å². The van der Waals surface area contributed by atoms with Gasteiger partial charge in [-0.3, -0.25) is 0 Å². The van der Waals surface area contributed by atoms with Gasteiger partial charge < -0.3 is 0 Å². The molecule has 21 heavy (non-hydrogen) atoms. The highest BCUT2D eigenvalue weighted by Gasteiger charge is 2.21.